The molecule has 0 saturated carbocycles. The average molecular weight is 293 g/mol. The first-order valence-corrected chi connectivity index (χ1v) is 8.15. The van der Waals surface area contributed by atoms with Gasteiger partial charge < -0.3 is 10.4 Å². The number of hydrogen-bond donors (Lipinski definition) is 2. The first-order chi connectivity index (χ1) is 8.38. The van der Waals surface area contributed by atoms with Crippen molar-refractivity contribution in [3.05, 3.63) is 0 Å². The van der Waals surface area contributed by atoms with Crippen LogP contribution in [0.25, 0.3) is 0 Å². The van der Waals surface area contributed by atoms with Crippen LogP contribution in [-0.4, -0.2) is 43.5 Å². The number of aliphatic carboxylic acids is 1. The molecule has 2 N–H and O–H groups in total. The molecule has 0 aliphatic heterocycles. The second-order valence-electron chi connectivity index (χ2n) is 5.62. The number of carbonyl (C=O) groups excluding carboxylic acids is 1. The second-order valence-corrected chi connectivity index (χ2v) is 7.80. The highest BCUT2D eigenvalue weighted by Gasteiger charge is 2.39. The molecular formula is C12H23NO5S. The number of amides is 1. The molecule has 0 rings (SSSR count). The van der Waals surface area contributed by atoms with Gasteiger partial charge >= 0.3 is 5.97 Å². The fourth-order valence-corrected chi connectivity index (χ4v) is 2.67. The number of hydrogen-bond acceptors (Lipinski definition) is 4. The van der Waals surface area contributed by atoms with E-state index in [0.717, 1.165) is 6.26 Å². The maximum absolute atomic E-state index is 11.8. The Kier molecular flexibility index (Phi) is 5.99. The molecule has 0 radical (unpaired) electrons. The summed E-state index contributed by atoms with van der Waals surface area (Å²) in [5, 5.41) is 11.7. The zero-order valence-electron chi connectivity index (χ0n) is 12.1. The molecule has 0 heterocycles. The van der Waals surface area contributed by atoms with Crippen LogP contribution in [0, 0.1) is 11.3 Å². The number of rotatable bonds is 7. The summed E-state index contributed by atoms with van der Waals surface area (Å²) in [5.41, 5.74) is -1.16. The van der Waals surface area contributed by atoms with Gasteiger partial charge in [-0.3, -0.25) is 9.59 Å². The minimum absolute atomic E-state index is 0.162. The summed E-state index contributed by atoms with van der Waals surface area (Å²) in [4.78, 5) is 23.0. The van der Waals surface area contributed by atoms with Crippen LogP contribution in [0.5, 0.6) is 0 Å². The van der Waals surface area contributed by atoms with Gasteiger partial charge in [-0.1, -0.05) is 13.8 Å². The summed E-state index contributed by atoms with van der Waals surface area (Å²) in [6, 6.07) is -0.535. The van der Waals surface area contributed by atoms with Gasteiger partial charge in [0.1, 0.15) is 9.84 Å². The largest absolute Gasteiger partial charge is 0.481 e. The van der Waals surface area contributed by atoms with Crippen LogP contribution in [0.4, 0.5) is 0 Å². The number of nitrogens with one attached hydrogen (secondary N) is 1. The van der Waals surface area contributed by atoms with E-state index in [2.05, 4.69) is 5.32 Å². The van der Waals surface area contributed by atoms with Gasteiger partial charge in [0.25, 0.3) is 0 Å². The van der Waals surface area contributed by atoms with Gasteiger partial charge in [0, 0.05) is 18.7 Å². The van der Waals surface area contributed by atoms with Gasteiger partial charge in [0.2, 0.25) is 5.91 Å². The zero-order chi connectivity index (χ0) is 15.4. The van der Waals surface area contributed by atoms with E-state index in [9.17, 15) is 23.1 Å². The Morgan fingerprint density at radius 3 is 2.05 bits per heavy atom. The molecule has 0 aliphatic carbocycles. The first kappa shape index (κ1) is 17.9. The van der Waals surface area contributed by atoms with Crippen molar-refractivity contribution in [2.24, 2.45) is 11.3 Å². The molecule has 0 bridgehead atoms. The maximum atomic E-state index is 11.8. The van der Waals surface area contributed by atoms with Gasteiger partial charge in [-0.2, -0.15) is 0 Å². The third-order valence-electron chi connectivity index (χ3n) is 3.25. The topological polar surface area (TPSA) is 101 Å². The van der Waals surface area contributed by atoms with Gasteiger partial charge in [-0.15, -0.1) is 0 Å². The number of carboxylic acid groups (broad SMARTS) is 1. The van der Waals surface area contributed by atoms with Crippen LogP contribution in [0.1, 0.15) is 34.1 Å². The molecule has 0 saturated heterocycles. The van der Waals surface area contributed by atoms with Crippen molar-refractivity contribution in [3.63, 3.8) is 0 Å². The molecule has 0 aromatic carbocycles. The highest BCUT2D eigenvalue weighted by molar-refractivity contribution is 7.90. The van der Waals surface area contributed by atoms with Gasteiger partial charge in [0.05, 0.1) is 11.2 Å². The third kappa shape index (κ3) is 6.04. The number of carboxylic acids is 1. The number of carbonyl (C=O) groups is 2. The van der Waals surface area contributed by atoms with Crippen molar-refractivity contribution in [1.82, 2.24) is 5.32 Å². The van der Waals surface area contributed by atoms with Crippen molar-refractivity contribution in [2.75, 3.05) is 12.0 Å². The van der Waals surface area contributed by atoms with E-state index in [-0.39, 0.29) is 18.1 Å². The Bertz CT molecular complexity index is 443. The fraction of sp³-hybridized carbons (Fsp3) is 0.833. The van der Waals surface area contributed by atoms with E-state index in [1.54, 1.807) is 20.8 Å². The van der Waals surface area contributed by atoms with Gasteiger partial charge in [-0.25, -0.2) is 8.42 Å². The normalized spacial score (nSPS) is 16.7. The molecule has 112 valence electrons. The molecule has 7 heteroatoms. The predicted molar refractivity (Wildman–Crippen MR) is 72.5 cm³/mol. The lowest BCUT2D eigenvalue weighted by atomic mass is 9.76. The van der Waals surface area contributed by atoms with Crippen molar-refractivity contribution >= 4 is 21.7 Å². The highest BCUT2D eigenvalue weighted by atomic mass is 32.2. The van der Waals surface area contributed by atoms with E-state index in [0.29, 0.717) is 0 Å². The molecule has 19 heavy (non-hydrogen) atoms. The van der Waals surface area contributed by atoms with Crippen LogP contribution < -0.4 is 5.32 Å². The van der Waals surface area contributed by atoms with E-state index in [4.69, 9.17) is 0 Å². The molecule has 6 nitrogen and oxygen atoms in total. The fourth-order valence-electron chi connectivity index (χ4n) is 1.68. The van der Waals surface area contributed by atoms with Gasteiger partial charge in [0.15, 0.2) is 0 Å². The first-order valence-electron chi connectivity index (χ1n) is 6.09. The summed E-state index contributed by atoms with van der Waals surface area (Å²) in [7, 11) is -3.18. The average Bonchev–Trinajstić information content (AvgIpc) is 2.12. The summed E-state index contributed by atoms with van der Waals surface area (Å²) < 4.78 is 22.2. The predicted octanol–water partition coefficient (Wildman–Crippen LogP) is 0.673. The summed E-state index contributed by atoms with van der Waals surface area (Å²) >= 11 is 0. The minimum atomic E-state index is -3.18. The van der Waals surface area contributed by atoms with Crippen LogP contribution in [0.15, 0.2) is 0 Å². The number of sulfone groups is 1. The van der Waals surface area contributed by atoms with Crippen LogP contribution >= 0.6 is 0 Å². The highest BCUT2D eigenvalue weighted by Crippen LogP contribution is 2.31. The quantitative estimate of drug-likeness (QED) is 0.718. The lowest BCUT2D eigenvalue weighted by Crippen LogP contribution is -2.43. The summed E-state index contributed by atoms with van der Waals surface area (Å²) in [5.74, 6) is -1.85. The molecule has 0 aliphatic rings. The van der Waals surface area contributed by atoms with E-state index in [1.165, 1.54) is 6.92 Å². The molecule has 0 spiro atoms. The second kappa shape index (κ2) is 6.36. The maximum Gasteiger partial charge on any atom is 0.310 e. The van der Waals surface area contributed by atoms with E-state index >= 15 is 0 Å². The zero-order valence-corrected chi connectivity index (χ0v) is 12.9. The Hall–Kier alpha value is -1.11. The Balaban J connectivity index is 4.66. The van der Waals surface area contributed by atoms with Crippen LogP contribution in [-0.2, 0) is 19.4 Å². The van der Waals surface area contributed by atoms with Gasteiger partial charge in [-0.05, 0) is 19.8 Å². The van der Waals surface area contributed by atoms with Crippen molar-refractivity contribution in [3.8, 4) is 0 Å². The van der Waals surface area contributed by atoms with Crippen LogP contribution in [0.3, 0.4) is 0 Å². The molecular weight excluding hydrogens is 270 g/mol. The summed E-state index contributed by atoms with van der Waals surface area (Å²) in [6.45, 7) is 6.57. The lowest BCUT2D eigenvalue weighted by Gasteiger charge is -2.28. The minimum Gasteiger partial charge on any atom is -0.481 e. The Morgan fingerprint density at radius 1 is 1.26 bits per heavy atom. The molecule has 2 unspecified atom stereocenters. The molecule has 2 atom stereocenters. The molecule has 0 fully saturated rings. The lowest BCUT2D eigenvalue weighted by molar-refractivity contribution is -0.153. The van der Waals surface area contributed by atoms with Crippen molar-refractivity contribution < 1.29 is 23.1 Å². The Morgan fingerprint density at radius 2 is 1.74 bits per heavy atom. The SMILES string of the molecule is CC(CS(C)(=O)=O)NC(=O)CC(C)(C(=O)O)C(C)C. The van der Waals surface area contributed by atoms with Crippen molar-refractivity contribution in [2.45, 2.75) is 40.2 Å². The Labute approximate surface area is 114 Å². The smallest absolute Gasteiger partial charge is 0.310 e. The monoisotopic (exact) mass is 293 g/mol. The van der Waals surface area contributed by atoms with Crippen LogP contribution in [0.2, 0.25) is 0 Å². The van der Waals surface area contributed by atoms with E-state index in [1.807, 2.05) is 0 Å². The standard InChI is InChI=1S/C12H23NO5S/c1-8(2)12(4,11(15)16)6-10(14)13-9(3)7-19(5,17)18/h8-9H,6-7H2,1-5H3,(H,13,14)(H,15,16). The van der Waals surface area contributed by atoms with E-state index < -0.39 is 33.2 Å². The molecule has 0 aromatic heterocycles. The third-order valence-corrected chi connectivity index (χ3v) is 4.36. The van der Waals surface area contributed by atoms with Crippen molar-refractivity contribution in [1.29, 1.82) is 0 Å². The summed E-state index contributed by atoms with van der Waals surface area (Å²) in [6.07, 6.45) is 0.916. The molecule has 0 aromatic rings. The molecule has 1 amide bonds.